The fourth-order valence-corrected chi connectivity index (χ4v) is 5.13. The largest absolute Gasteiger partial charge is 0.465 e. The van der Waals surface area contributed by atoms with Gasteiger partial charge in [-0.05, 0) is 81.9 Å². The van der Waals surface area contributed by atoms with Gasteiger partial charge in [0.2, 0.25) is 0 Å². The number of ether oxygens (including phenoxy) is 2. The van der Waals surface area contributed by atoms with Gasteiger partial charge >= 0.3 is 0 Å². The van der Waals surface area contributed by atoms with Gasteiger partial charge in [-0.2, -0.15) is 5.10 Å². The minimum Gasteiger partial charge on any atom is -0.465 e. The molecule has 190 valence electrons. The molecule has 0 radical (unpaired) electrons. The summed E-state index contributed by atoms with van der Waals surface area (Å²) >= 11 is 0. The molecule has 0 N–H and O–H groups in total. The summed E-state index contributed by atoms with van der Waals surface area (Å²) in [6.07, 6.45) is 16.6. The summed E-state index contributed by atoms with van der Waals surface area (Å²) in [6, 6.07) is 12.6. The van der Waals surface area contributed by atoms with Crippen LogP contribution in [0.4, 0.5) is 0 Å². The van der Waals surface area contributed by atoms with Crippen LogP contribution >= 0.6 is 0 Å². The van der Waals surface area contributed by atoms with Gasteiger partial charge in [-0.3, -0.25) is 4.90 Å². The van der Waals surface area contributed by atoms with Gasteiger partial charge in [-0.25, -0.2) is 4.68 Å². The predicted octanol–water partition coefficient (Wildman–Crippen LogP) is 5.73. The summed E-state index contributed by atoms with van der Waals surface area (Å²) in [4.78, 5) is 4.81. The first-order valence-electron chi connectivity index (χ1n) is 12.9. The Bertz CT molecular complexity index is 1360. The fourth-order valence-electron chi connectivity index (χ4n) is 5.13. The van der Waals surface area contributed by atoms with Crippen molar-refractivity contribution in [1.29, 1.82) is 0 Å². The van der Waals surface area contributed by atoms with Gasteiger partial charge in [0.1, 0.15) is 18.2 Å². The molecule has 1 aliphatic carbocycles. The van der Waals surface area contributed by atoms with Crippen LogP contribution in [-0.2, 0) is 16.0 Å². The minimum atomic E-state index is 0.544. The van der Waals surface area contributed by atoms with Crippen LogP contribution in [0.25, 0.3) is 22.9 Å². The number of rotatable bonds is 7. The van der Waals surface area contributed by atoms with Crippen LogP contribution in [0.5, 0.6) is 0 Å². The normalized spacial score (nSPS) is 19.9. The molecule has 1 saturated heterocycles. The number of allylic oxidation sites excluding steroid dienone is 4. The van der Waals surface area contributed by atoms with E-state index in [0.717, 1.165) is 72.1 Å². The lowest BCUT2D eigenvalue weighted by atomic mass is 10.0. The summed E-state index contributed by atoms with van der Waals surface area (Å²) in [7, 11) is 4.39. The van der Waals surface area contributed by atoms with Crippen LogP contribution in [0.1, 0.15) is 30.4 Å². The molecule has 4 heterocycles. The van der Waals surface area contributed by atoms with Crippen molar-refractivity contribution in [2.45, 2.75) is 31.8 Å². The second-order valence-electron chi connectivity index (χ2n) is 9.95. The summed E-state index contributed by atoms with van der Waals surface area (Å²) in [5.41, 5.74) is 5.09. The number of likely N-dealkylation sites (N-methyl/N-ethyl adjacent to an activating group) is 2. The van der Waals surface area contributed by atoms with E-state index in [1.807, 2.05) is 28.9 Å². The Morgan fingerprint density at radius 2 is 1.97 bits per heavy atom. The van der Waals surface area contributed by atoms with E-state index < -0.39 is 0 Å². The van der Waals surface area contributed by atoms with Crippen molar-refractivity contribution in [3.05, 3.63) is 102 Å². The van der Waals surface area contributed by atoms with Crippen LogP contribution in [0, 0.1) is 0 Å². The molecule has 3 aromatic rings. The molecule has 1 atom stereocenters. The van der Waals surface area contributed by atoms with Crippen molar-refractivity contribution >= 4 is 5.76 Å². The van der Waals surface area contributed by atoms with Crippen molar-refractivity contribution in [3.8, 4) is 17.1 Å². The molecule has 1 unspecified atom stereocenters. The molecular weight excluding hydrogens is 464 g/mol. The van der Waals surface area contributed by atoms with Crippen molar-refractivity contribution in [3.63, 3.8) is 0 Å². The van der Waals surface area contributed by atoms with Crippen LogP contribution in [0.15, 0.2) is 95.4 Å². The average molecular weight is 497 g/mol. The molecule has 7 nitrogen and oxygen atoms in total. The van der Waals surface area contributed by atoms with E-state index in [9.17, 15) is 0 Å². The Labute approximate surface area is 217 Å². The summed E-state index contributed by atoms with van der Waals surface area (Å²) < 4.78 is 19.5. The predicted molar refractivity (Wildman–Crippen MR) is 143 cm³/mol. The number of hydrogen-bond donors (Lipinski definition) is 0. The molecular formula is C30H32N4O3. The Hall–Kier alpha value is -3.81. The maximum absolute atomic E-state index is 6.18. The van der Waals surface area contributed by atoms with Crippen LogP contribution in [0.3, 0.4) is 0 Å². The molecule has 0 saturated carbocycles. The molecule has 37 heavy (non-hydrogen) atoms. The van der Waals surface area contributed by atoms with Crippen molar-refractivity contribution in [2.24, 2.45) is 0 Å². The number of aromatic nitrogens is 2. The standard InChI is InChI=1S/C30H32N4O3/c1-32-15-14-26(19-32)33(2)17-24-18-34(31-30(24)27-9-6-16-36-27)25-12-10-23(11-13-25)29-21-35-20-28(37-29)22-7-4-3-5-8-22/h3-4,6-7,9-13,16,18,20-21,26H,5,8,14-15,17,19H2,1-2H3. The molecule has 1 fully saturated rings. The summed E-state index contributed by atoms with van der Waals surface area (Å²) in [5.74, 6) is 2.25. The topological polar surface area (TPSA) is 55.9 Å². The summed E-state index contributed by atoms with van der Waals surface area (Å²) in [5, 5.41) is 4.93. The van der Waals surface area contributed by atoms with Gasteiger partial charge in [0.05, 0.1) is 12.0 Å². The Morgan fingerprint density at radius 1 is 1.11 bits per heavy atom. The molecule has 3 aliphatic rings. The third kappa shape index (κ3) is 5.05. The molecule has 0 bridgehead atoms. The van der Waals surface area contributed by atoms with Gasteiger partial charge in [0.15, 0.2) is 17.3 Å². The average Bonchev–Trinajstić information content (AvgIpc) is 3.71. The zero-order valence-electron chi connectivity index (χ0n) is 21.3. The highest BCUT2D eigenvalue weighted by atomic mass is 16.5. The SMILES string of the molecule is CN1CCC(N(C)Cc2cn(-c3ccc(C4=COC=C(C5=CC=CCC5)O4)cc3)nc2-c2ccco2)C1. The Morgan fingerprint density at radius 3 is 2.70 bits per heavy atom. The van der Waals surface area contributed by atoms with E-state index in [2.05, 4.69) is 60.5 Å². The van der Waals surface area contributed by atoms with Crippen molar-refractivity contribution < 1.29 is 13.9 Å². The highest BCUT2D eigenvalue weighted by Gasteiger charge is 2.25. The first-order chi connectivity index (χ1) is 18.1. The maximum atomic E-state index is 6.18. The third-order valence-electron chi connectivity index (χ3n) is 7.27. The second-order valence-corrected chi connectivity index (χ2v) is 9.95. The van der Waals surface area contributed by atoms with E-state index in [1.165, 1.54) is 6.42 Å². The third-order valence-corrected chi connectivity index (χ3v) is 7.27. The fraction of sp³-hybridized carbons (Fsp3) is 0.300. The molecule has 7 heteroatoms. The smallest absolute Gasteiger partial charge is 0.169 e. The van der Waals surface area contributed by atoms with Gasteiger partial charge in [0, 0.05) is 36.5 Å². The monoisotopic (exact) mass is 496 g/mol. The first-order valence-corrected chi connectivity index (χ1v) is 12.9. The second kappa shape index (κ2) is 10.3. The van der Waals surface area contributed by atoms with Crippen molar-refractivity contribution in [2.75, 3.05) is 27.2 Å². The molecule has 2 aliphatic heterocycles. The number of benzene rings is 1. The molecule has 2 aromatic heterocycles. The number of hydrogen-bond acceptors (Lipinski definition) is 6. The summed E-state index contributed by atoms with van der Waals surface area (Å²) in [6.45, 7) is 3.04. The Balaban J connectivity index is 1.22. The molecule has 1 aromatic carbocycles. The lowest BCUT2D eigenvalue weighted by Gasteiger charge is -2.23. The maximum Gasteiger partial charge on any atom is 0.169 e. The van der Waals surface area contributed by atoms with E-state index >= 15 is 0 Å². The van der Waals surface area contributed by atoms with Crippen LogP contribution < -0.4 is 0 Å². The highest BCUT2D eigenvalue weighted by molar-refractivity contribution is 5.63. The van der Waals surface area contributed by atoms with Gasteiger partial charge in [0.25, 0.3) is 0 Å². The number of likely N-dealkylation sites (tertiary alicyclic amines) is 1. The molecule has 6 rings (SSSR count). The first kappa shape index (κ1) is 23.6. The lowest BCUT2D eigenvalue weighted by molar-refractivity contribution is 0.234. The van der Waals surface area contributed by atoms with Gasteiger partial charge in [-0.15, -0.1) is 0 Å². The van der Waals surface area contributed by atoms with Gasteiger partial charge in [-0.1, -0.05) is 18.2 Å². The van der Waals surface area contributed by atoms with Crippen LogP contribution in [-0.4, -0.2) is 52.8 Å². The van der Waals surface area contributed by atoms with Crippen molar-refractivity contribution in [1.82, 2.24) is 19.6 Å². The Kier molecular flexibility index (Phi) is 6.55. The van der Waals surface area contributed by atoms with Gasteiger partial charge < -0.3 is 18.8 Å². The quantitative estimate of drug-likeness (QED) is 0.416. The molecule has 0 spiro atoms. The zero-order valence-corrected chi connectivity index (χ0v) is 21.3. The van der Waals surface area contributed by atoms with E-state index in [1.54, 1.807) is 18.8 Å². The zero-order chi connectivity index (χ0) is 25.2. The van der Waals surface area contributed by atoms with E-state index in [0.29, 0.717) is 11.8 Å². The van der Waals surface area contributed by atoms with E-state index in [4.69, 9.17) is 19.0 Å². The minimum absolute atomic E-state index is 0.544. The molecule has 0 amide bonds. The van der Waals surface area contributed by atoms with E-state index in [-0.39, 0.29) is 0 Å². The van der Waals surface area contributed by atoms with Crippen LogP contribution in [0.2, 0.25) is 0 Å². The number of nitrogens with zero attached hydrogens (tertiary/aromatic N) is 4. The highest BCUT2D eigenvalue weighted by Crippen LogP contribution is 2.31. The number of furan rings is 1. The lowest BCUT2D eigenvalue weighted by Crippen LogP contribution is -2.33.